The van der Waals surface area contributed by atoms with Crippen molar-refractivity contribution in [3.05, 3.63) is 0 Å². The van der Waals surface area contributed by atoms with Crippen LogP contribution in [-0.2, 0) is 0 Å². The van der Waals surface area contributed by atoms with E-state index in [4.69, 9.17) is 0 Å². The molecule has 2 aliphatic rings. The van der Waals surface area contributed by atoms with Crippen LogP contribution >= 0.6 is 0 Å². The Morgan fingerprint density at radius 2 is 1.92 bits per heavy atom. The van der Waals surface area contributed by atoms with E-state index in [1.54, 1.807) is 0 Å². The fourth-order valence-corrected chi connectivity index (χ4v) is 2.86. The van der Waals surface area contributed by atoms with Crippen molar-refractivity contribution in [2.24, 2.45) is 0 Å². The third-order valence-corrected chi connectivity index (χ3v) is 3.31. The quantitative estimate of drug-likeness (QED) is 0.633. The Balaban J connectivity index is 2.09. The highest BCUT2D eigenvalue weighted by Crippen LogP contribution is 2.29. The van der Waals surface area contributed by atoms with Gasteiger partial charge in [-0.15, -0.1) is 0 Å². The lowest BCUT2D eigenvalue weighted by atomic mass is 10.1. The molecule has 12 heavy (non-hydrogen) atoms. The van der Waals surface area contributed by atoms with Gasteiger partial charge in [-0.2, -0.15) is 0 Å². The zero-order valence-corrected chi connectivity index (χ0v) is 8.21. The van der Waals surface area contributed by atoms with Gasteiger partial charge in [-0.3, -0.25) is 4.90 Å². The van der Waals surface area contributed by atoms with Crippen LogP contribution in [-0.4, -0.2) is 36.1 Å². The van der Waals surface area contributed by atoms with Crippen molar-refractivity contribution in [3.8, 4) is 0 Å². The zero-order chi connectivity index (χ0) is 8.55. The molecule has 2 rings (SSSR count). The maximum Gasteiger partial charge on any atom is 0.0226 e. The Hall–Kier alpha value is -0.0800. The van der Waals surface area contributed by atoms with Gasteiger partial charge in [0, 0.05) is 24.7 Å². The standard InChI is InChI=1S/C10H20N2/c1-8(2)12-9-3-4-10(12)7-11-6-5-9/h8-11H,3-7H2,1-2H3. The van der Waals surface area contributed by atoms with E-state index in [0.717, 1.165) is 18.1 Å². The van der Waals surface area contributed by atoms with Gasteiger partial charge in [0.25, 0.3) is 0 Å². The summed E-state index contributed by atoms with van der Waals surface area (Å²) in [4.78, 5) is 2.72. The van der Waals surface area contributed by atoms with E-state index in [1.807, 2.05) is 0 Å². The summed E-state index contributed by atoms with van der Waals surface area (Å²) >= 11 is 0. The minimum Gasteiger partial charge on any atom is -0.315 e. The maximum absolute atomic E-state index is 3.52. The smallest absolute Gasteiger partial charge is 0.0226 e. The fourth-order valence-electron chi connectivity index (χ4n) is 2.86. The Labute approximate surface area is 75.3 Å². The summed E-state index contributed by atoms with van der Waals surface area (Å²) in [5.74, 6) is 0. The number of nitrogens with zero attached hydrogens (tertiary/aromatic N) is 1. The second-order valence-corrected chi connectivity index (χ2v) is 4.42. The van der Waals surface area contributed by atoms with Gasteiger partial charge in [0.2, 0.25) is 0 Å². The van der Waals surface area contributed by atoms with Gasteiger partial charge in [0.05, 0.1) is 0 Å². The average molecular weight is 168 g/mol. The number of hydrogen-bond donors (Lipinski definition) is 1. The molecular formula is C10H20N2. The summed E-state index contributed by atoms with van der Waals surface area (Å²) in [7, 11) is 0. The molecule has 2 unspecified atom stereocenters. The molecule has 2 bridgehead atoms. The minimum absolute atomic E-state index is 0.738. The van der Waals surface area contributed by atoms with Crippen LogP contribution in [0.1, 0.15) is 33.1 Å². The Morgan fingerprint density at radius 1 is 1.17 bits per heavy atom. The molecule has 0 aliphatic carbocycles. The average Bonchev–Trinajstić information content (AvgIpc) is 2.24. The van der Waals surface area contributed by atoms with Gasteiger partial charge in [0.1, 0.15) is 0 Å². The van der Waals surface area contributed by atoms with E-state index in [-0.39, 0.29) is 0 Å². The highest BCUT2D eigenvalue weighted by molar-refractivity contribution is 4.93. The fraction of sp³-hybridized carbons (Fsp3) is 1.00. The molecular weight excluding hydrogens is 148 g/mol. The Bertz CT molecular complexity index is 142. The van der Waals surface area contributed by atoms with Crippen LogP contribution in [0.4, 0.5) is 0 Å². The van der Waals surface area contributed by atoms with E-state index in [1.165, 1.54) is 32.4 Å². The normalized spacial score (nSPS) is 37.2. The molecule has 0 spiro atoms. The van der Waals surface area contributed by atoms with Crippen molar-refractivity contribution in [2.75, 3.05) is 13.1 Å². The van der Waals surface area contributed by atoms with Crippen LogP contribution in [0.2, 0.25) is 0 Å². The molecule has 0 aromatic carbocycles. The van der Waals surface area contributed by atoms with E-state index < -0.39 is 0 Å². The largest absolute Gasteiger partial charge is 0.315 e. The van der Waals surface area contributed by atoms with Crippen LogP contribution in [0.5, 0.6) is 0 Å². The monoisotopic (exact) mass is 168 g/mol. The Morgan fingerprint density at radius 3 is 2.67 bits per heavy atom. The van der Waals surface area contributed by atoms with Gasteiger partial charge in [0.15, 0.2) is 0 Å². The molecule has 2 atom stereocenters. The second-order valence-electron chi connectivity index (χ2n) is 4.42. The first-order chi connectivity index (χ1) is 5.79. The maximum atomic E-state index is 3.52. The molecule has 2 fully saturated rings. The first-order valence-electron chi connectivity index (χ1n) is 5.27. The minimum atomic E-state index is 0.738. The van der Waals surface area contributed by atoms with E-state index >= 15 is 0 Å². The third-order valence-electron chi connectivity index (χ3n) is 3.31. The molecule has 70 valence electrons. The molecule has 0 aromatic heterocycles. The molecule has 0 aromatic rings. The van der Waals surface area contributed by atoms with Crippen molar-refractivity contribution < 1.29 is 0 Å². The summed E-state index contributed by atoms with van der Waals surface area (Å²) in [5, 5.41) is 3.52. The Kier molecular flexibility index (Phi) is 2.37. The van der Waals surface area contributed by atoms with Gasteiger partial charge in [-0.25, -0.2) is 0 Å². The topological polar surface area (TPSA) is 15.3 Å². The van der Waals surface area contributed by atoms with Crippen LogP contribution in [0, 0.1) is 0 Å². The van der Waals surface area contributed by atoms with Gasteiger partial charge in [-0.1, -0.05) is 0 Å². The molecule has 2 heterocycles. The van der Waals surface area contributed by atoms with Crippen LogP contribution in [0.15, 0.2) is 0 Å². The van der Waals surface area contributed by atoms with Gasteiger partial charge < -0.3 is 5.32 Å². The van der Waals surface area contributed by atoms with Crippen molar-refractivity contribution in [1.29, 1.82) is 0 Å². The van der Waals surface area contributed by atoms with E-state index in [0.29, 0.717) is 0 Å². The summed E-state index contributed by atoms with van der Waals surface area (Å²) in [6.45, 7) is 7.10. The lowest BCUT2D eigenvalue weighted by Crippen LogP contribution is -2.42. The van der Waals surface area contributed by atoms with Crippen molar-refractivity contribution >= 4 is 0 Å². The lowest BCUT2D eigenvalue weighted by Gasteiger charge is -2.31. The predicted octanol–water partition coefficient (Wildman–Crippen LogP) is 1.22. The first-order valence-corrected chi connectivity index (χ1v) is 5.27. The van der Waals surface area contributed by atoms with Gasteiger partial charge >= 0.3 is 0 Å². The third kappa shape index (κ3) is 1.38. The summed E-state index contributed by atoms with van der Waals surface area (Å²) in [5.41, 5.74) is 0. The second kappa shape index (κ2) is 3.35. The van der Waals surface area contributed by atoms with Crippen molar-refractivity contribution in [1.82, 2.24) is 10.2 Å². The van der Waals surface area contributed by atoms with E-state index in [9.17, 15) is 0 Å². The lowest BCUT2D eigenvalue weighted by molar-refractivity contribution is 0.157. The molecule has 2 saturated heterocycles. The van der Waals surface area contributed by atoms with Crippen LogP contribution in [0.25, 0.3) is 0 Å². The highest BCUT2D eigenvalue weighted by atomic mass is 15.3. The summed E-state index contributed by atoms with van der Waals surface area (Å²) < 4.78 is 0. The molecule has 0 amide bonds. The molecule has 2 heteroatoms. The highest BCUT2D eigenvalue weighted by Gasteiger charge is 2.35. The predicted molar refractivity (Wildman–Crippen MR) is 51.3 cm³/mol. The SMILES string of the molecule is CC(C)N1C2CCNCC1CC2. The van der Waals surface area contributed by atoms with Gasteiger partial charge in [-0.05, 0) is 39.7 Å². The van der Waals surface area contributed by atoms with Crippen LogP contribution < -0.4 is 5.32 Å². The zero-order valence-electron chi connectivity index (χ0n) is 8.21. The van der Waals surface area contributed by atoms with Crippen molar-refractivity contribution in [2.45, 2.75) is 51.2 Å². The molecule has 2 aliphatic heterocycles. The summed E-state index contributed by atoms with van der Waals surface area (Å²) in [6, 6.07) is 2.45. The number of hydrogen-bond acceptors (Lipinski definition) is 2. The number of nitrogens with one attached hydrogen (secondary N) is 1. The number of rotatable bonds is 1. The van der Waals surface area contributed by atoms with Crippen LogP contribution in [0.3, 0.4) is 0 Å². The summed E-state index contributed by atoms with van der Waals surface area (Å²) in [6.07, 6.45) is 4.20. The molecule has 0 radical (unpaired) electrons. The molecule has 2 nitrogen and oxygen atoms in total. The number of fused-ring (bicyclic) bond motifs is 2. The molecule has 1 N–H and O–H groups in total. The molecule has 0 saturated carbocycles. The van der Waals surface area contributed by atoms with E-state index in [2.05, 4.69) is 24.1 Å². The van der Waals surface area contributed by atoms with Crippen molar-refractivity contribution in [3.63, 3.8) is 0 Å². The first kappa shape index (κ1) is 8.52.